The van der Waals surface area contributed by atoms with E-state index >= 15 is 0 Å². The van der Waals surface area contributed by atoms with E-state index in [1.807, 2.05) is 25.3 Å². The smallest absolute Gasteiger partial charge is 0.261 e. The van der Waals surface area contributed by atoms with Crippen molar-refractivity contribution in [3.63, 3.8) is 0 Å². The van der Waals surface area contributed by atoms with Crippen LogP contribution in [0.1, 0.15) is 27.7 Å². The van der Waals surface area contributed by atoms with E-state index in [2.05, 4.69) is 69.3 Å². The summed E-state index contributed by atoms with van der Waals surface area (Å²) in [5.74, 6) is -0.140. The van der Waals surface area contributed by atoms with Crippen LogP contribution in [0.2, 0.25) is 5.04 Å². The van der Waals surface area contributed by atoms with Crippen LogP contribution in [0.15, 0.2) is 60.7 Å². The minimum Gasteiger partial charge on any atom is -0.405 e. The highest BCUT2D eigenvalue weighted by Gasteiger charge is 2.51. The fourth-order valence-corrected chi connectivity index (χ4v) is 9.86. The van der Waals surface area contributed by atoms with Gasteiger partial charge in [0.15, 0.2) is 0 Å². The summed E-state index contributed by atoms with van der Waals surface area (Å²) < 4.78 is 13.0. The molecule has 4 nitrogen and oxygen atoms in total. The fraction of sp³-hybridized carbons (Fsp3) is 0.500. The van der Waals surface area contributed by atoms with Gasteiger partial charge in [0.05, 0.1) is 12.7 Å². The monoisotopic (exact) mass is 446 g/mol. The molecule has 0 spiro atoms. The molecular formula is C24H34O4SSi. The number of rotatable bonds is 6. The number of hydrogen-bond acceptors (Lipinski definition) is 5. The summed E-state index contributed by atoms with van der Waals surface area (Å²) in [6.07, 6.45) is -0.410. The molecule has 2 N–H and O–H groups in total. The van der Waals surface area contributed by atoms with Crippen molar-refractivity contribution in [2.24, 2.45) is 5.92 Å². The molecule has 1 aliphatic heterocycles. The molecule has 0 radical (unpaired) electrons. The first-order valence-corrected chi connectivity index (χ1v) is 13.7. The van der Waals surface area contributed by atoms with Gasteiger partial charge >= 0.3 is 0 Å². The predicted molar refractivity (Wildman–Crippen MR) is 127 cm³/mol. The Balaban J connectivity index is 2.00. The summed E-state index contributed by atoms with van der Waals surface area (Å²) in [4.78, 5) is 0. The van der Waals surface area contributed by atoms with E-state index in [1.165, 1.54) is 10.4 Å². The van der Waals surface area contributed by atoms with E-state index in [4.69, 9.17) is 9.16 Å². The van der Waals surface area contributed by atoms with Crippen molar-refractivity contribution in [1.29, 1.82) is 0 Å². The first-order valence-electron chi connectivity index (χ1n) is 10.5. The van der Waals surface area contributed by atoms with E-state index in [0.29, 0.717) is 0 Å². The first kappa shape index (κ1) is 23.5. The molecule has 6 heteroatoms. The van der Waals surface area contributed by atoms with Crippen LogP contribution in [-0.2, 0) is 9.16 Å². The Labute approximate surface area is 185 Å². The van der Waals surface area contributed by atoms with Gasteiger partial charge in [0.1, 0.15) is 17.6 Å². The van der Waals surface area contributed by atoms with Gasteiger partial charge in [0, 0.05) is 5.92 Å². The second-order valence-corrected chi connectivity index (χ2v) is 14.3. The van der Waals surface area contributed by atoms with Crippen molar-refractivity contribution in [1.82, 2.24) is 0 Å². The average molecular weight is 447 g/mol. The summed E-state index contributed by atoms with van der Waals surface area (Å²) in [7, 11) is -2.71. The van der Waals surface area contributed by atoms with Gasteiger partial charge in [-0.2, -0.15) is 0 Å². The van der Waals surface area contributed by atoms with Gasteiger partial charge in [-0.25, -0.2) is 0 Å². The maximum absolute atomic E-state index is 10.7. The summed E-state index contributed by atoms with van der Waals surface area (Å²) in [5, 5.41) is 23.5. The first-order chi connectivity index (χ1) is 14.2. The Kier molecular flexibility index (Phi) is 7.48. The second-order valence-electron chi connectivity index (χ2n) is 9.09. The lowest BCUT2D eigenvalue weighted by atomic mass is 9.94. The number of aliphatic hydroxyl groups excluding tert-OH is 2. The lowest BCUT2D eigenvalue weighted by molar-refractivity contribution is -0.179. The van der Waals surface area contributed by atoms with Crippen LogP contribution in [-0.4, -0.2) is 55.1 Å². The van der Waals surface area contributed by atoms with E-state index in [-0.39, 0.29) is 23.0 Å². The van der Waals surface area contributed by atoms with Crippen molar-refractivity contribution in [3.05, 3.63) is 60.7 Å². The molecule has 30 heavy (non-hydrogen) atoms. The van der Waals surface area contributed by atoms with Crippen molar-refractivity contribution in [2.45, 2.75) is 56.5 Å². The Bertz CT molecular complexity index is 754. The highest BCUT2D eigenvalue weighted by molar-refractivity contribution is 7.99. The maximum Gasteiger partial charge on any atom is 0.261 e. The van der Waals surface area contributed by atoms with Gasteiger partial charge in [-0.05, 0) is 21.7 Å². The van der Waals surface area contributed by atoms with E-state index < -0.39 is 26.6 Å². The number of aliphatic hydroxyl groups is 2. The number of thioether (sulfide) groups is 1. The van der Waals surface area contributed by atoms with Gasteiger partial charge in [0.25, 0.3) is 8.32 Å². The maximum atomic E-state index is 10.7. The Morgan fingerprint density at radius 3 is 1.87 bits per heavy atom. The molecule has 1 fully saturated rings. The molecule has 1 saturated heterocycles. The largest absolute Gasteiger partial charge is 0.405 e. The molecule has 0 aromatic heterocycles. The minimum absolute atomic E-state index is 0.140. The minimum atomic E-state index is -2.71. The highest BCUT2D eigenvalue weighted by atomic mass is 32.2. The quantitative estimate of drug-likeness (QED) is 0.668. The predicted octanol–water partition coefficient (Wildman–Crippen LogP) is 3.01. The van der Waals surface area contributed by atoms with Crippen LogP contribution in [0.25, 0.3) is 0 Å². The second kappa shape index (κ2) is 9.55. The molecule has 0 bridgehead atoms. The van der Waals surface area contributed by atoms with Crippen LogP contribution in [0.3, 0.4) is 0 Å². The van der Waals surface area contributed by atoms with Gasteiger partial charge in [-0.15, -0.1) is 11.8 Å². The van der Waals surface area contributed by atoms with Crippen molar-refractivity contribution in [3.8, 4) is 0 Å². The average Bonchev–Trinajstić information content (AvgIpc) is 2.74. The normalized spacial score (nSPS) is 27.8. The number of ether oxygens (including phenoxy) is 1. The molecule has 1 heterocycles. The Morgan fingerprint density at radius 2 is 1.43 bits per heavy atom. The molecule has 3 rings (SSSR count). The van der Waals surface area contributed by atoms with E-state index in [9.17, 15) is 10.2 Å². The van der Waals surface area contributed by atoms with Crippen molar-refractivity contribution in [2.75, 3.05) is 12.9 Å². The molecule has 2 aromatic carbocycles. The van der Waals surface area contributed by atoms with E-state index in [1.54, 1.807) is 11.8 Å². The third kappa shape index (κ3) is 4.40. The standard InChI is InChI=1S/C24H34O4SSi/c1-17-21(25)22(26)20(28-23(17)29-5)16-27-30(24(2,3)4,18-12-8-6-9-13-18)19-14-10-7-11-15-19/h6-15,17,20-23,25-26H,16H2,1-5H3/t17-,20?,21+,22-,23?/m0/s1. The van der Waals surface area contributed by atoms with Gasteiger partial charge < -0.3 is 19.4 Å². The molecular weight excluding hydrogens is 412 g/mol. The summed E-state index contributed by atoms with van der Waals surface area (Å²) in [6, 6.07) is 20.8. The van der Waals surface area contributed by atoms with E-state index in [0.717, 1.165) is 0 Å². The Morgan fingerprint density at radius 1 is 0.933 bits per heavy atom. The molecule has 0 amide bonds. The van der Waals surface area contributed by atoms with Gasteiger partial charge in [0.2, 0.25) is 0 Å². The zero-order valence-corrected chi connectivity index (χ0v) is 20.3. The van der Waals surface area contributed by atoms with Gasteiger partial charge in [-0.3, -0.25) is 0 Å². The molecule has 164 valence electrons. The van der Waals surface area contributed by atoms with Crippen LogP contribution in [0.4, 0.5) is 0 Å². The van der Waals surface area contributed by atoms with Crippen LogP contribution < -0.4 is 10.4 Å². The highest BCUT2D eigenvalue weighted by Crippen LogP contribution is 2.38. The molecule has 1 aliphatic rings. The molecule has 5 atom stereocenters. The fourth-order valence-electron chi connectivity index (χ4n) is 4.45. The zero-order valence-electron chi connectivity index (χ0n) is 18.5. The number of hydrogen-bond donors (Lipinski definition) is 2. The van der Waals surface area contributed by atoms with Crippen LogP contribution in [0, 0.1) is 5.92 Å². The third-order valence-electron chi connectivity index (χ3n) is 6.12. The summed E-state index contributed by atoms with van der Waals surface area (Å²) >= 11 is 1.56. The molecule has 0 aliphatic carbocycles. The van der Waals surface area contributed by atoms with Gasteiger partial charge in [-0.1, -0.05) is 88.4 Å². The lowest BCUT2D eigenvalue weighted by Gasteiger charge is -2.46. The topological polar surface area (TPSA) is 58.9 Å². The third-order valence-corrected chi connectivity index (χ3v) is 12.1. The Hall–Kier alpha value is -1.15. The summed E-state index contributed by atoms with van der Waals surface area (Å²) in [5.41, 5.74) is -0.170. The SMILES string of the molecule is CSC1OC(CO[Si](c2ccccc2)(c2ccccc2)C(C)(C)C)[C@H](O)[C@H](O)[C@@H]1C. The molecule has 2 unspecified atom stereocenters. The summed E-state index contributed by atoms with van der Waals surface area (Å²) in [6.45, 7) is 8.81. The zero-order chi connectivity index (χ0) is 21.9. The molecule has 0 saturated carbocycles. The van der Waals surface area contributed by atoms with Crippen LogP contribution >= 0.6 is 11.8 Å². The number of benzene rings is 2. The van der Waals surface area contributed by atoms with Crippen molar-refractivity contribution >= 4 is 30.5 Å². The molecule has 2 aromatic rings. The van der Waals surface area contributed by atoms with Crippen molar-refractivity contribution < 1.29 is 19.4 Å². The van der Waals surface area contributed by atoms with Crippen LogP contribution in [0.5, 0.6) is 0 Å². The lowest BCUT2D eigenvalue weighted by Crippen LogP contribution is -2.68.